The summed E-state index contributed by atoms with van der Waals surface area (Å²) in [7, 11) is 1.65. The minimum absolute atomic E-state index is 0.496. The molecule has 1 N–H and O–H groups in total. The standard InChI is InChI=1S/C12H22O5/c1-15-6-2-7-16-8-3-12(11(13)14)4-9-17-10-5-12/h2-10H2,1H3,(H,13,14). The largest absolute Gasteiger partial charge is 0.481 e. The van der Waals surface area contributed by atoms with Gasteiger partial charge in [-0.2, -0.15) is 0 Å². The zero-order valence-corrected chi connectivity index (χ0v) is 10.4. The average Bonchev–Trinajstić information content (AvgIpc) is 2.34. The number of carboxylic acids is 1. The van der Waals surface area contributed by atoms with Gasteiger partial charge in [0.05, 0.1) is 5.41 Å². The van der Waals surface area contributed by atoms with E-state index in [-0.39, 0.29) is 0 Å². The zero-order chi connectivity index (χ0) is 12.6. The van der Waals surface area contributed by atoms with E-state index in [4.69, 9.17) is 14.2 Å². The van der Waals surface area contributed by atoms with Gasteiger partial charge in [-0.25, -0.2) is 0 Å². The summed E-state index contributed by atoms with van der Waals surface area (Å²) in [5.74, 6) is -0.721. The smallest absolute Gasteiger partial charge is 0.309 e. The molecule has 0 bridgehead atoms. The van der Waals surface area contributed by atoms with Crippen molar-refractivity contribution in [2.75, 3.05) is 40.1 Å². The third kappa shape index (κ3) is 4.61. The van der Waals surface area contributed by atoms with Crippen molar-refractivity contribution in [1.82, 2.24) is 0 Å². The van der Waals surface area contributed by atoms with Crippen LogP contribution < -0.4 is 0 Å². The molecule has 0 aromatic heterocycles. The van der Waals surface area contributed by atoms with Gasteiger partial charge in [0.1, 0.15) is 0 Å². The van der Waals surface area contributed by atoms with E-state index in [1.807, 2.05) is 0 Å². The van der Waals surface area contributed by atoms with Crippen molar-refractivity contribution in [2.45, 2.75) is 25.7 Å². The lowest BCUT2D eigenvalue weighted by Crippen LogP contribution is -2.38. The van der Waals surface area contributed by atoms with E-state index < -0.39 is 11.4 Å². The molecule has 0 aromatic carbocycles. The Bertz CT molecular complexity index is 223. The fourth-order valence-corrected chi connectivity index (χ4v) is 2.01. The predicted octanol–water partition coefficient (Wildman–Crippen LogP) is 1.31. The quantitative estimate of drug-likeness (QED) is 0.654. The van der Waals surface area contributed by atoms with E-state index in [9.17, 15) is 9.90 Å². The molecule has 0 saturated carbocycles. The van der Waals surface area contributed by atoms with Crippen LogP contribution in [0.15, 0.2) is 0 Å². The third-order valence-electron chi connectivity index (χ3n) is 3.27. The van der Waals surface area contributed by atoms with Crippen LogP contribution in [0.1, 0.15) is 25.7 Å². The Hall–Kier alpha value is -0.650. The molecule has 100 valence electrons. The van der Waals surface area contributed by atoms with Crippen molar-refractivity contribution in [3.05, 3.63) is 0 Å². The highest BCUT2D eigenvalue weighted by Gasteiger charge is 2.39. The Labute approximate surface area is 102 Å². The number of ether oxygens (including phenoxy) is 3. The number of rotatable bonds is 8. The molecule has 1 heterocycles. The molecule has 0 spiro atoms. The molecule has 0 aliphatic carbocycles. The molecule has 0 atom stereocenters. The van der Waals surface area contributed by atoms with Gasteiger partial charge >= 0.3 is 5.97 Å². The first kappa shape index (κ1) is 14.4. The molecule has 5 nitrogen and oxygen atoms in total. The monoisotopic (exact) mass is 246 g/mol. The van der Waals surface area contributed by atoms with Gasteiger partial charge in [0.2, 0.25) is 0 Å². The van der Waals surface area contributed by atoms with Crippen molar-refractivity contribution < 1.29 is 24.1 Å². The number of carboxylic acid groups (broad SMARTS) is 1. The molecule has 0 amide bonds. The molecule has 0 aromatic rings. The second-order valence-electron chi connectivity index (χ2n) is 4.41. The third-order valence-corrected chi connectivity index (χ3v) is 3.27. The predicted molar refractivity (Wildman–Crippen MR) is 62.1 cm³/mol. The Morgan fingerprint density at radius 2 is 2.00 bits per heavy atom. The summed E-state index contributed by atoms with van der Waals surface area (Å²) in [4.78, 5) is 11.3. The highest BCUT2D eigenvalue weighted by molar-refractivity contribution is 5.74. The van der Waals surface area contributed by atoms with Crippen LogP contribution in [0.2, 0.25) is 0 Å². The topological polar surface area (TPSA) is 65.0 Å². The van der Waals surface area contributed by atoms with E-state index in [0.29, 0.717) is 52.3 Å². The first-order chi connectivity index (χ1) is 8.21. The minimum Gasteiger partial charge on any atom is -0.481 e. The fraction of sp³-hybridized carbons (Fsp3) is 0.917. The zero-order valence-electron chi connectivity index (χ0n) is 10.4. The molecule has 1 saturated heterocycles. The van der Waals surface area contributed by atoms with Crippen LogP contribution in [0.5, 0.6) is 0 Å². The Morgan fingerprint density at radius 3 is 2.59 bits per heavy atom. The first-order valence-electron chi connectivity index (χ1n) is 6.09. The average molecular weight is 246 g/mol. The molecule has 1 aliphatic heterocycles. The lowest BCUT2D eigenvalue weighted by atomic mass is 9.77. The van der Waals surface area contributed by atoms with Crippen molar-refractivity contribution in [1.29, 1.82) is 0 Å². The summed E-state index contributed by atoms with van der Waals surface area (Å²) in [5, 5.41) is 9.30. The number of methoxy groups -OCH3 is 1. The number of carbonyl (C=O) groups is 1. The van der Waals surface area contributed by atoms with Crippen molar-refractivity contribution >= 4 is 5.97 Å². The summed E-state index contributed by atoms with van der Waals surface area (Å²) < 4.78 is 15.5. The lowest BCUT2D eigenvalue weighted by molar-refractivity contribution is -0.156. The highest BCUT2D eigenvalue weighted by atomic mass is 16.5. The van der Waals surface area contributed by atoms with Crippen LogP contribution in [0.4, 0.5) is 0 Å². The van der Waals surface area contributed by atoms with E-state index >= 15 is 0 Å². The molecular formula is C12H22O5. The summed E-state index contributed by atoms with van der Waals surface area (Å²) >= 11 is 0. The second kappa shape index (κ2) is 7.63. The van der Waals surface area contributed by atoms with Gasteiger partial charge in [0, 0.05) is 40.1 Å². The van der Waals surface area contributed by atoms with Gasteiger partial charge in [0.15, 0.2) is 0 Å². The molecule has 5 heteroatoms. The molecular weight excluding hydrogens is 224 g/mol. The van der Waals surface area contributed by atoms with Crippen LogP contribution in [0, 0.1) is 5.41 Å². The van der Waals surface area contributed by atoms with E-state index in [2.05, 4.69) is 0 Å². The van der Waals surface area contributed by atoms with E-state index in [0.717, 1.165) is 6.42 Å². The second-order valence-corrected chi connectivity index (χ2v) is 4.41. The molecule has 0 radical (unpaired) electrons. The minimum atomic E-state index is -0.721. The maximum atomic E-state index is 11.3. The van der Waals surface area contributed by atoms with Gasteiger partial charge in [-0.05, 0) is 25.7 Å². The maximum absolute atomic E-state index is 11.3. The first-order valence-corrected chi connectivity index (χ1v) is 6.09. The number of hydrogen-bond acceptors (Lipinski definition) is 4. The van der Waals surface area contributed by atoms with Crippen LogP contribution in [-0.4, -0.2) is 51.2 Å². The van der Waals surface area contributed by atoms with Gasteiger partial charge in [-0.15, -0.1) is 0 Å². The van der Waals surface area contributed by atoms with Gasteiger partial charge < -0.3 is 19.3 Å². The van der Waals surface area contributed by atoms with Gasteiger partial charge in [0.25, 0.3) is 0 Å². The van der Waals surface area contributed by atoms with Crippen LogP contribution in [-0.2, 0) is 19.0 Å². The fourth-order valence-electron chi connectivity index (χ4n) is 2.01. The maximum Gasteiger partial charge on any atom is 0.309 e. The molecule has 0 unspecified atom stereocenters. The lowest BCUT2D eigenvalue weighted by Gasteiger charge is -2.32. The molecule has 17 heavy (non-hydrogen) atoms. The molecule has 1 aliphatic rings. The van der Waals surface area contributed by atoms with E-state index in [1.54, 1.807) is 7.11 Å². The Morgan fingerprint density at radius 1 is 1.29 bits per heavy atom. The van der Waals surface area contributed by atoms with E-state index in [1.165, 1.54) is 0 Å². The van der Waals surface area contributed by atoms with Crippen molar-refractivity contribution in [3.8, 4) is 0 Å². The Kier molecular flexibility index (Phi) is 6.47. The molecule has 1 rings (SSSR count). The van der Waals surface area contributed by atoms with Gasteiger partial charge in [-0.1, -0.05) is 0 Å². The summed E-state index contributed by atoms with van der Waals surface area (Å²) in [6.07, 6.45) is 2.59. The van der Waals surface area contributed by atoms with Crippen molar-refractivity contribution in [2.24, 2.45) is 5.41 Å². The molecule has 1 fully saturated rings. The summed E-state index contributed by atoms with van der Waals surface area (Å²) in [6, 6.07) is 0. The summed E-state index contributed by atoms with van der Waals surface area (Å²) in [5.41, 5.74) is -0.639. The Balaban J connectivity index is 2.23. The highest BCUT2D eigenvalue weighted by Crippen LogP contribution is 2.34. The van der Waals surface area contributed by atoms with Crippen LogP contribution in [0.3, 0.4) is 0 Å². The normalized spacial score (nSPS) is 19.1. The van der Waals surface area contributed by atoms with Gasteiger partial charge in [-0.3, -0.25) is 4.79 Å². The SMILES string of the molecule is COCCCOCCC1(C(=O)O)CCOCC1. The van der Waals surface area contributed by atoms with Crippen LogP contribution >= 0.6 is 0 Å². The van der Waals surface area contributed by atoms with Crippen molar-refractivity contribution in [3.63, 3.8) is 0 Å². The summed E-state index contributed by atoms with van der Waals surface area (Å²) in [6.45, 7) is 2.87. The number of aliphatic carboxylic acids is 1. The van der Waals surface area contributed by atoms with Crippen LogP contribution in [0.25, 0.3) is 0 Å². The number of hydrogen-bond donors (Lipinski definition) is 1.